The first-order chi connectivity index (χ1) is 16.0. The molecule has 5 rings (SSSR count). The molecule has 3 aromatic carbocycles. The monoisotopic (exact) mass is 456 g/mol. The number of amides is 1. The molecule has 0 aliphatic heterocycles. The van der Waals surface area contributed by atoms with Gasteiger partial charge >= 0.3 is 0 Å². The largest absolute Gasteiger partial charge is 0.331 e. The Labute approximate surface area is 195 Å². The van der Waals surface area contributed by atoms with Gasteiger partial charge in [0.15, 0.2) is 0 Å². The fraction of sp³-hybridized carbons (Fsp3) is 0.115. The van der Waals surface area contributed by atoms with Gasteiger partial charge in [0.25, 0.3) is 5.56 Å². The smallest absolute Gasteiger partial charge is 0.291 e. The molecule has 0 saturated heterocycles. The number of benzene rings is 3. The van der Waals surface area contributed by atoms with Crippen LogP contribution in [0.15, 0.2) is 83.8 Å². The lowest BCUT2D eigenvalue weighted by Crippen LogP contribution is -2.30. The quantitative estimate of drug-likeness (QED) is 0.404. The molecule has 5 aromatic rings. The Balaban J connectivity index is 1.56. The molecule has 33 heavy (non-hydrogen) atoms. The lowest BCUT2D eigenvalue weighted by atomic mass is 10.2. The zero-order valence-corrected chi connectivity index (χ0v) is 18.7. The molecule has 1 N–H and O–H groups in total. The van der Waals surface area contributed by atoms with Crippen molar-refractivity contribution in [2.24, 2.45) is 0 Å². The highest BCUT2D eigenvalue weighted by Crippen LogP contribution is 2.27. The van der Waals surface area contributed by atoms with Gasteiger partial charge in [-0.15, -0.1) is 0 Å². The zero-order chi connectivity index (χ0) is 22.9. The molecule has 0 unspecified atom stereocenters. The second-order valence-corrected chi connectivity index (χ2v) is 8.33. The molecule has 7 heteroatoms. The van der Waals surface area contributed by atoms with E-state index in [4.69, 9.17) is 11.6 Å². The lowest BCUT2D eigenvalue weighted by Gasteiger charge is -2.11. The number of nitrogens with one attached hydrogen (secondary N) is 1. The first-order valence-corrected chi connectivity index (χ1v) is 11.0. The third-order valence-electron chi connectivity index (χ3n) is 5.79. The SMILES string of the molecule is Cc1c(Cl)cccc1NC(=O)Cn1ncc2c3ccccc3n(Cc3ccccc3)c2c1=O. The van der Waals surface area contributed by atoms with Gasteiger partial charge in [-0.05, 0) is 36.2 Å². The number of hydrogen-bond acceptors (Lipinski definition) is 3. The van der Waals surface area contributed by atoms with E-state index < -0.39 is 0 Å². The van der Waals surface area contributed by atoms with E-state index in [0.29, 0.717) is 22.8 Å². The van der Waals surface area contributed by atoms with Crippen molar-refractivity contribution in [3.05, 3.63) is 105 Å². The minimum atomic E-state index is -0.347. The van der Waals surface area contributed by atoms with E-state index in [1.54, 1.807) is 24.4 Å². The summed E-state index contributed by atoms with van der Waals surface area (Å²) in [5.74, 6) is -0.347. The maximum atomic E-state index is 13.5. The van der Waals surface area contributed by atoms with Crippen LogP contribution in [0.1, 0.15) is 11.1 Å². The Morgan fingerprint density at radius 3 is 2.55 bits per heavy atom. The Hall–Kier alpha value is -3.90. The van der Waals surface area contributed by atoms with E-state index in [0.717, 1.165) is 27.4 Å². The Bertz CT molecular complexity index is 1550. The molecule has 6 nitrogen and oxygen atoms in total. The first kappa shape index (κ1) is 21.0. The molecule has 0 aliphatic rings. The van der Waals surface area contributed by atoms with Gasteiger partial charge in [-0.1, -0.05) is 66.2 Å². The van der Waals surface area contributed by atoms with Crippen LogP contribution in [0.2, 0.25) is 5.02 Å². The van der Waals surface area contributed by atoms with Crippen molar-refractivity contribution < 1.29 is 4.79 Å². The normalized spacial score (nSPS) is 11.2. The third-order valence-corrected chi connectivity index (χ3v) is 6.20. The molecule has 0 atom stereocenters. The molecular formula is C26H21ClN4O2. The number of hydrogen-bond donors (Lipinski definition) is 1. The number of fused-ring (bicyclic) bond motifs is 3. The molecule has 0 spiro atoms. The number of anilines is 1. The number of carbonyl (C=O) groups excluding carboxylic acids is 1. The molecule has 164 valence electrons. The summed E-state index contributed by atoms with van der Waals surface area (Å²) in [6.45, 7) is 2.17. The summed E-state index contributed by atoms with van der Waals surface area (Å²) >= 11 is 6.15. The summed E-state index contributed by atoms with van der Waals surface area (Å²) in [7, 11) is 0. The summed E-state index contributed by atoms with van der Waals surface area (Å²) in [4.78, 5) is 26.2. The van der Waals surface area contributed by atoms with Crippen LogP contribution in [0, 0.1) is 6.92 Å². The van der Waals surface area contributed by atoms with E-state index in [2.05, 4.69) is 10.4 Å². The van der Waals surface area contributed by atoms with Crippen LogP contribution in [0.5, 0.6) is 0 Å². The van der Waals surface area contributed by atoms with Crippen LogP contribution in [0.25, 0.3) is 21.8 Å². The van der Waals surface area contributed by atoms with Crippen LogP contribution < -0.4 is 10.9 Å². The van der Waals surface area contributed by atoms with E-state index >= 15 is 0 Å². The fourth-order valence-corrected chi connectivity index (χ4v) is 4.28. The van der Waals surface area contributed by atoms with Crippen LogP contribution in [-0.4, -0.2) is 20.3 Å². The average molecular weight is 457 g/mol. The number of rotatable bonds is 5. The number of halogens is 1. The molecule has 0 fully saturated rings. The van der Waals surface area contributed by atoms with E-state index in [1.807, 2.05) is 66.1 Å². The second-order valence-electron chi connectivity index (χ2n) is 7.92. The standard InChI is InChI=1S/C26H21ClN4O2/c1-17-21(27)11-7-12-22(17)29-24(32)16-31-26(33)25-20(14-28-31)19-10-5-6-13-23(19)30(25)15-18-8-3-2-4-9-18/h2-14H,15-16H2,1H3,(H,29,32). The van der Waals surface area contributed by atoms with Crippen molar-refractivity contribution in [2.45, 2.75) is 20.0 Å². The van der Waals surface area contributed by atoms with Crippen LogP contribution in [0.4, 0.5) is 5.69 Å². The minimum Gasteiger partial charge on any atom is -0.331 e. The molecule has 1 amide bonds. The maximum Gasteiger partial charge on any atom is 0.291 e. The molecular weight excluding hydrogens is 436 g/mol. The molecule has 0 aliphatic carbocycles. The van der Waals surface area contributed by atoms with Crippen LogP contribution >= 0.6 is 11.6 Å². The highest BCUT2D eigenvalue weighted by Gasteiger charge is 2.17. The lowest BCUT2D eigenvalue weighted by molar-refractivity contribution is -0.117. The Morgan fingerprint density at radius 1 is 0.970 bits per heavy atom. The summed E-state index contributed by atoms with van der Waals surface area (Å²) in [5, 5.41) is 9.42. The van der Waals surface area contributed by atoms with Crippen molar-refractivity contribution in [2.75, 3.05) is 5.32 Å². The van der Waals surface area contributed by atoms with Gasteiger partial charge in [0, 0.05) is 33.5 Å². The van der Waals surface area contributed by atoms with Crippen molar-refractivity contribution in [3.8, 4) is 0 Å². The second kappa shape index (κ2) is 8.56. The van der Waals surface area contributed by atoms with Gasteiger partial charge in [-0.2, -0.15) is 5.10 Å². The molecule has 2 aromatic heterocycles. The minimum absolute atomic E-state index is 0.201. The fourth-order valence-electron chi connectivity index (χ4n) is 4.11. The summed E-state index contributed by atoms with van der Waals surface area (Å²) in [5.41, 5.74) is 3.63. The third kappa shape index (κ3) is 3.90. The predicted molar refractivity (Wildman–Crippen MR) is 132 cm³/mol. The van der Waals surface area contributed by atoms with E-state index in [1.165, 1.54) is 4.68 Å². The summed E-state index contributed by atoms with van der Waals surface area (Å²) in [6.07, 6.45) is 1.67. The Morgan fingerprint density at radius 2 is 1.73 bits per heavy atom. The average Bonchev–Trinajstić information content (AvgIpc) is 3.14. The number of aromatic nitrogens is 3. The highest BCUT2D eigenvalue weighted by atomic mass is 35.5. The number of carbonyl (C=O) groups is 1. The van der Waals surface area contributed by atoms with Gasteiger partial charge in [0.05, 0.1) is 6.20 Å². The highest BCUT2D eigenvalue weighted by molar-refractivity contribution is 6.31. The van der Waals surface area contributed by atoms with Crippen molar-refractivity contribution in [3.63, 3.8) is 0 Å². The zero-order valence-electron chi connectivity index (χ0n) is 18.0. The van der Waals surface area contributed by atoms with Gasteiger partial charge in [-0.3, -0.25) is 9.59 Å². The number of nitrogens with zero attached hydrogens (tertiary/aromatic N) is 3. The van der Waals surface area contributed by atoms with Crippen molar-refractivity contribution >= 4 is 45.0 Å². The Kier molecular flexibility index (Phi) is 5.44. The van der Waals surface area contributed by atoms with Gasteiger partial charge < -0.3 is 9.88 Å². The first-order valence-electron chi connectivity index (χ1n) is 10.6. The molecule has 0 bridgehead atoms. The van der Waals surface area contributed by atoms with E-state index in [9.17, 15) is 9.59 Å². The van der Waals surface area contributed by atoms with Crippen molar-refractivity contribution in [1.29, 1.82) is 0 Å². The topological polar surface area (TPSA) is 68.9 Å². The summed E-state index contributed by atoms with van der Waals surface area (Å²) in [6, 6.07) is 23.2. The van der Waals surface area contributed by atoms with Crippen molar-refractivity contribution in [1.82, 2.24) is 14.3 Å². The molecule has 0 saturated carbocycles. The molecule has 2 heterocycles. The predicted octanol–water partition coefficient (Wildman–Crippen LogP) is 5.00. The molecule has 0 radical (unpaired) electrons. The maximum absolute atomic E-state index is 13.5. The van der Waals surface area contributed by atoms with Gasteiger partial charge in [0.1, 0.15) is 12.1 Å². The van der Waals surface area contributed by atoms with E-state index in [-0.39, 0.29) is 18.0 Å². The van der Waals surface area contributed by atoms with Gasteiger partial charge in [-0.25, -0.2) is 4.68 Å². The van der Waals surface area contributed by atoms with Gasteiger partial charge in [0.2, 0.25) is 5.91 Å². The van der Waals surface area contributed by atoms with Crippen LogP contribution in [0.3, 0.4) is 0 Å². The number of para-hydroxylation sites is 1. The van der Waals surface area contributed by atoms with Crippen LogP contribution in [-0.2, 0) is 17.9 Å². The summed E-state index contributed by atoms with van der Waals surface area (Å²) < 4.78 is 3.21.